The molecule has 6 rings (SSSR count). The molecule has 0 spiro atoms. The highest BCUT2D eigenvalue weighted by Crippen LogP contribution is 2.36. The second kappa shape index (κ2) is 9.65. The minimum atomic E-state index is -3.60. The van der Waals surface area contributed by atoms with Crippen LogP contribution in [0.3, 0.4) is 0 Å². The summed E-state index contributed by atoms with van der Waals surface area (Å²) in [5.74, 6) is 0.565. The predicted octanol–water partition coefficient (Wildman–Crippen LogP) is 2.64. The van der Waals surface area contributed by atoms with Crippen LogP contribution in [0.15, 0.2) is 41.1 Å². The number of hydrogen-bond donors (Lipinski definition) is 2. The molecule has 0 saturated carbocycles. The normalized spacial score (nSPS) is 17.3. The monoisotopic (exact) mass is 540 g/mol. The number of hydrogen-bond acceptors (Lipinski definition) is 9. The SMILES string of the molecule is Cc1cc(Nc2nc(C3=CCCNC3)cn3c(-c4cnn(C)c4)cnc23)sc1S(=O)(=O)N1CCOCC1. The summed E-state index contributed by atoms with van der Waals surface area (Å²) in [5, 5.41) is 11.8. The van der Waals surface area contributed by atoms with Gasteiger partial charge in [-0.2, -0.15) is 9.40 Å². The lowest BCUT2D eigenvalue weighted by molar-refractivity contribution is 0.0731. The number of anilines is 2. The van der Waals surface area contributed by atoms with Crippen LogP contribution in [-0.4, -0.2) is 76.3 Å². The molecule has 13 heteroatoms. The Balaban J connectivity index is 1.41. The summed E-state index contributed by atoms with van der Waals surface area (Å²) in [6.07, 6.45) is 10.7. The van der Waals surface area contributed by atoms with E-state index in [1.54, 1.807) is 4.68 Å². The molecule has 0 aliphatic carbocycles. The van der Waals surface area contributed by atoms with Gasteiger partial charge in [-0.1, -0.05) is 6.08 Å². The minimum absolute atomic E-state index is 0.336. The number of nitrogens with zero attached hydrogens (tertiary/aromatic N) is 6. The summed E-state index contributed by atoms with van der Waals surface area (Å²) >= 11 is 1.21. The first-order chi connectivity index (χ1) is 17.9. The Morgan fingerprint density at radius 1 is 1.19 bits per heavy atom. The van der Waals surface area contributed by atoms with Gasteiger partial charge >= 0.3 is 0 Å². The summed E-state index contributed by atoms with van der Waals surface area (Å²) < 4.78 is 37.6. The number of nitrogens with one attached hydrogen (secondary N) is 2. The zero-order valence-electron chi connectivity index (χ0n) is 20.6. The first-order valence-electron chi connectivity index (χ1n) is 12.1. The third kappa shape index (κ3) is 4.57. The van der Waals surface area contributed by atoms with Crippen LogP contribution in [0.4, 0.5) is 10.8 Å². The molecule has 0 radical (unpaired) electrons. The average Bonchev–Trinajstić information content (AvgIpc) is 3.63. The van der Waals surface area contributed by atoms with Crippen LogP contribution in [0.25, 0.3) is 22.5 Å². The third-order valence-electron chi connectivity index (χ3n) is 6.51. The van der Waals surface area contributed by atoms with Crippen molar-refractivity contribution in [3.05, 3.63) is 48.2 Å². The van der Waals surface area contributed by atoms with E-state index >= 15 is 0 Å². The van der Waals surface area contributed by atoms with E-state index in [0.717, 1.165) is 42.0 Å². The van der Waals surface area contributed by atoms with Crippen molar-refractivity contribution in [3.63, 3.8) is 0 Å². The van der Waals surface area contributed by atoms with Gasteiger partial charge in [0.05, 0.1) is 42.0 Å². The summed E-state index contributed by atoms with van der Waals surface area (Å²) in [5.41, 5.74) is 5.14. The average molecular weight is 541 g/mol. The molecule has 2 aliphatic rings. The molecule has 6 heterocycles. The Labute approximate surface area is 218 Å². The van der Waals surface area contributed by atoms with Crippen LogP contribution < -0.4 is 10.6 Å². The largest absolute Gasteiger partial charge is 0.379 e. The zero-order chi connectivity index (χ0) is 25.6. The first kappa shape index (κ1) is 24.2. The molecule has 1 fully saturated rings. The number of aryl methyl sites for hydroxylation is 2. The van der Waals surface area contributed by atoms with E-state index in [1.165, 1.54) is 15.6 Å². The predicted molar refractivity (Wildman–Crippen MR) is 143 cm³/mol. The summed E-state index contributed by atoms with van der Waals surface area (Å²) in [4.78, 5) is 9.60. The van der Waals surface area contributed by atoms with Crippen LogP contribution >= 0.6 is 11.3 Å². The molecule has 0 amide bonds. The van der Waals surface area contributed by atoms with Gasteiger partial charge in [-0.15, -0.1) is 11.3 Å². The third-order valence-corrected chi connectivity index (χ3v) is 10.2. The van der Waals surface area contributed by atoms with Crippen molar-refractivity contribution in [1.29, 1.82) is 0 Å². The van der Waals surface area contributed by atoms with E-state index in [1.807, 2.05) is 49.2 Å². The van der Waals surface area contributed by atoms with Crippen molar-refractivity contribution in [1.82, 2.24) is 33.8 Å². The van der Waals surface area contributed by atoms with Crippen molar-refractivity contribution in [2.75, 3.05) is 44.7 Å². The number of aromatic nitrogens is 5. The highest BCUT2D eigenvalue weighted by molar-refractivity contribution is 7.91. The van der Waals surface area contributed by atoms with Gasteiger partial charge in [0.15, 0.2) is 11.5 Å². The van der Waals surface area contributed by atoms with Gasteiger partial charge in [0, 0.05) is 44.6 Å². The summed E-state index contributed by atoms with van der Waals surface area (Å²) in [7, 11) is -1.72. The van der Waals surface area contributed by atoms with Gasteiger partial charge in [0.1, 0.15) is 4.21 Å². The first-order valence-corrected chi connectivity index (χ1v) is 14.4. The van der Waals surface area contributed by atoms with Gasteiger partial charge in [-0.3, -0.25) is 9.08 Å². The highest BCUT2D eigenvalue weighted by Gasteiger charge is 2.30. The number of fused-ring (bicyclic) bond motifs is 1. The van der Waals surface area contributed by atoms with Crippen LogP contribution in [0, 0.1) is 6.92 Å². The fraction of sp³-hybridized carbons (Fsp3) is 0.375. The van der Waals surface area contributed by atoms with E-state index in [4.69, 9.17) is 9.72 Å². The van der Waals surface area contributed by atoms with Gasteiger partial charge < -0.3 is 15.4 Å². The number of ether oxygens (including phenoxy) is 1. The fourth-order valence-corrected chi connectivity index (χ4v) is 7.78. The lowest BCUT2D eigenvalue weighted by Crippen LogP contribution is -2.40. The second-order valence-electron chi connectivity index (χ2n) is 9.13. The van der Waals surface area contributed by atoms with E-state index in [0.29, 0.717) is 52.5 Å². The number of imidazole rings is 1. The van der Waals surface area contributed by atoms with E-state index in [2.05, 4.69) is 26.8 Å². The molecule has 4 aromatic rings. The Morgan fingerprint density at radius 3 is 2.76 bits per heavy atom. The number of morpholine rings is 1. The molecule has 0 unspecified atom stereocenters. The quantitative estimate of drug-likeness (QED) is 0.383. The van der Waals surface area contributed by atoms with Gasteiger partial charge in [-0.05, 0) is 37.1 Å². The van der Waals surface area contributed by atoms with E-state index in [9.17, 15) is 8.42 Å². The molecular weight excluding hydrogens is 512 g/mol. The fourth-order valence-electron chi connectivity index (χ4n) is 4.64. The summed E-state index contributed by atoms with van der Waals surface area (Å²) in [6.45, 7) is 5.04. The summed E-state index contributed by atoms with van der Waals surface area (Å²) in [6, 6.07) is 1.86. The Kier molecular flexibility index (Phi) is 6.32. The Morgan fingerprint density at radius 2 is 2.03 bits per heavy atom. The maximum Gasteiger partial charge on any atom is 0.253 e. The lowest BCUT2D eigenvalue weighted by atomic mass is 10.1. The van der Waals surface area contributed by atoms with Crippen molar-refractivity contribution < 1.29 is 13.2 Å². The Hall–Kier alpha value is -3.10. The number of sulfonamides is 1. The van der Waals surface area contributed by atoms with Gasteiger partial charge in [-0.25, -0.2) is 18.4 Å². The molecule has 0 atom stereocenters. The maximum absolute atomic E-state index is 13.3. The second-order valence-corrected chi connectivity index (χ2v) is 12.3. The molecule has 0 aromatic carbocycles. The Bertz CT molecular complexity index is 1600. The van der Waals surface area contributed by atoms with Gasteiger partial charge in [0.2, 0.25) is 0 Å². The smallest absolute Gasteiger partial charge is 0.253 e. The maximum atomic E-state index is 13.3. The van der Waals surface area contributed by atoms with Gasteiger partial charge in [0.25, 0.3) is 10.0 Å². The van der Waals surface area contributed by atoms with Crippen LogP contribution in [-0.2, 0) is 21.8 Å². The van der Waals surface area contributed by atoms with Crippen molar-refractivity contribution in [2.45, 2.75) is 17.6 Å². The number of thiophene rings is 1. The van der Waals surface area contributed by atoms with Crippen LogP contribution in [0.1, 0.15) is 17.7 Å². The van der Waals surface area contributed by atoms with E-state index < -0.39 is 10.0 Å². The van der Waals surface area contributed by atoms with Crippen LogP contribution in [0.5, 0.6) is 0 Å². The molecule has 194 valence electrons. The molecular formula is C24H28N8O3S2. The topological polar surface area (TPSA) is 119 Å². The number of rotatable bonds is 6. The lowest BCUT2D eigenvalue weighted by Gasteiger charge is -2.25. The molecule has 4 aromatic heterocycles. The minimum Gasteiger partial charge on any atom is -0.379 e. The van der Waals surface area contributed by atoms with Crippen molar-refractivity contribution >= 4 is 43.4 Å². The molecule has 0 bridgehead atoms. The van der Waals surface area contributed by atoms with Crippen molar-refractivity contribution in [3.8, 4) is 11.3 Å². The zero-order valence-corrected chi connectivity index (χ0v) is 22.3. The molecule has 37 heavy (non-hydrogen) atoms. The molecule has 11 nitrogen and oxygen atoms in total. The van der Waals surface area contributed by atoms with Crippen molar-refractivity contribution in [2.24, 2.45) is 7.05 Å². The van der Waals surface area contributed by atoms with Crippen LogP contribution in [0.2, 0.25) is 0 Å². The molecule has 2 aliphatic heterocycles. The van der Waals surface area contributed by atoms with E-state index in [-0.39, 0.29) is 0 Å². The molecule has 2 N–H and O–H groups in total. The molecule has 1 saturated heterocycles. The highest BCUT2D eigenvalue weighted by atomic mass is 32.2. The standard InChI is InChI=1S/C24H28N8O3S2/c1-16-10-21(36-24(16)37(33,34)31-6-8-35-9-7-31)29-22-23-26-13-20(18-12-27-30(2)14-18)32(23)15-19(28-22)17-4-3-5-25-11-17/h4,10,12-15,25H,3,5-9,11H2,1-2H3,(H,28,29).